The third-order valence-electron chi connectivity index (χ3n) is 10.8. The van der Waals surface area contributed by atoms with Crippen molar-refractivity contribution in [1.29, 1.82) is 0 Å². The number of fused-ring (bicyclic) bond motifs is 1. The minimum absolute atomic E-state index is 0.0128. The molecule has 366 valence electrons. The summed E-state index contributed by atoms with van der Waals surface area (Å²) in [5.74, 6) is 1.67. The van der Waals surface area contributed by atoms with Gasteiger partial charge in [0.05, 0.1) is 130 Å². The van der Waals surface area contributed by atoms with Crippen molar-refractivity contribution < 1.29 is 62.1 Å². The third-order valence-corrected chi connectivity index (χ3v) is 10.8. The van der Waals surface area contributed by atoms with Gasteiger partial charge in [-0.15, -0.1) is 0 Å². The lowest BCUT2D eigenvalue weighted by Gasteiger charge is -2.40. The number of nitrogens with zero attached hydrogens (tertiary/aromatic N) is 5. The van der Waals surface area contributed by atoms with E-state index in [9.17, 15) is 9.59 Å². The van der Waals surface area contributed by atoms with Crippen LogP contribution in [0.5, 0.6) is 0 Å². The van der Waals surface area contributed by atoms with E-state index in [1.165, 1.54) is 23.3 Å². The molecule has 2 amide bonds. The average molecular weight is 919 g/mol. The molecule has 2 N–H and O–H groups in total. The first-order valence-electron chi connectivity index (χ1n) is 23.2. The van der Waals surface area contributed by atoms with Gasteiger partial charge in [0.15, 0.2) is 0 Å². The second-order valence-corrected chi connectivity index (χ2v) is 17.1. The zero-order valence-corrected chi connectivity index (χ0v) is 39.1. The van der Waals surface area contributed by atoms with Gasteiger partial charge in [-0.05, 0) is 51.2 Å². The Bertz CT molecular complexity index is 1640. The normalized spacial score (nSPS) is 16.6. The number of rotatable bonds is 33. The molecule has 3 heterocycles. The lowest BCUT2D eigenvalue weighted by molar-refractivity contribution is -0.0237. The Morgan fingerprint density at radius 1 is 0.754 bits per heavy atom. The molecular weight excluding hydrogens is 845 g/mol. The summed E-state index contributed by atoms with van der Waals surface area (Å²) in [5.41, 5.74) is 2.60. The zero-order valence-electron chi connectivity index (χ0n) is 39.1. The zero-order chi connectivity index (χ0) is 46.1. The molecule has 1 saturated carbocycles. The Balaban J connectivity index is 0.919. The fourth-order valence-electron chi connectivity index (χ4n) is 7.16. The van der Waals surface area contributed by atoms with Gasteiger partial charge in [0, 0.05) is 38.4 Å². The molecule has 19 heteroatoms. The number of aromatic nitrogens is 2. The van der Waals surface area contributed by atoms with Crippen LogP contribution in [0, 0.1) is 5.92 Å². The Kier molecular flexibility index (Phi) is 23.4. The summed E-state index contributed by atoms with van der Waals surface area (Å²) in [4.78, 5) is 40.6. The van der Waals surface area contributed by atoms with Gasteiger partial charge in [-0.1, -0.05) is 37.1 Å². The van der Waals surface area contributed by atoms with E-state index in [0.717, 1.165) is 36.6 Å². The predicted molar refractivity (Wildman–Crippen MR) is 241 cm³/mol. The van der Waals surface area contributed by atoms with Crippen molar-refractivity contribution in [2.75, 3.05) is 155 Å². The van der Waals surface area contributed by atoms with E-state index in [0.29, 0.717) is 130 Å². The lowest BCUT2D eigenvalue weighted by Crippen LogP contribution is -2.50. The number of cyclic esters (lactones) is 1. The highest BCUT2D eigenvalue weighted by molar-refractivity contribution is 5.89. The number of carbonyl (C=O) groups excluding carboxylic acids is 2. The quantitative estimate of drug-likeness (QED) is 0.0941. The lowest BCUT2D eigenvalue weighted by atomic mass is 9.96. The van der Waals surface area contributed by atoms with E-state index in [2.05, 4.69) is 46.4 Å². The van der Waals surface area contributed by atoms with Crippen LogP contribution < -0.4 is 10.2 Å². The minimum Gasteiger partial charge on any atom is -0.444 e. The smallest absolute Gasteiger partial charge is 0.415 e. The topological polar surface area (TPSA) is 194 Å². The molecule has 0 radical (unpaired) electrons. The van der Waals surface area contributed by atoms with E-state index in [4.69, 9.17) is 57.5 Å². The number of benzene rings is 1. The standard InChI is InChI=1S/C46H74N6O13/c1-36(38-7-9-39(10-8-38)41(33-37-5-6-37)50-11-13-51(14-12-50)44(54)65-46(2,3)4)48-43-47-34-40-35-64-45(55)52(42(40)49-43)15-17-56-19-21-58-23-25-60-27-29-62-31-32-63-30-28-61-26-24-59-22-20-57-18-16-53/h7-10,34,36-37,41,53H,5-6,11-33,35H2,1-4H3,(H,47,48,49)/t36-,41-/m0/s1. The number of aliphatic hydroxyl groups is 1. The second-order valence-electron chi connectivity index (χ2n) is 17.1. The van der Waals surface area contributed by atoms with Crippen LogP contribution in [0.1, 0.15) is 75.7 Å². The van der Waals surface area contributed by atoms with Gasteiger partial charge in [-0.3, -0.25) is 9.80 Å². The first kappa shape index (κ1) is 52.2. The molecule has 2 atom stereocenters. The Hall–Kier alpha value is -3.76. The number of piperazine rings is 1. The van der Waals surface area contributed by atoms with Gasteiger partial charge in [0.25, 0.3) is 0 Å². The molecule has 0 unspecified atom stereocenters. The maximum atomic E-state index is 12.8. The molecule has 0 spiro atoms. The molecule has 2 aliphatic heterocycles. The summed E-state index contributed by atoms with van der Waals surface area (Å²) < 4.78 is 54.8. The van der Waals surface area contributed by atoms with Crippen molar-refractivity contribution in [2.24, 2.45) is 5.92 Å². The van der Waals surface area contributed by atoms with E-state index >= 15 is 0 Å². The van der Waals surface area contributed by atoms with Crippen molar-refractivity contribution >= 4 is 24.0 Å². The summed E-state index contributed by atoms with van der Waals surface area (Å²) in [6.07, 6.45) is 4.66. The monoisotopic (exact) mass is 919 g/mol. The van der Waals surface area contributed by atoms with E-state index in [1.807, 2.05) is 25.7 Å². The van der Waals surface area contributed by atoms with Crippen LogP contribution in [0.4, 0.5) is 21.4 Å². The van der Waals surface area contributed by atoms with Crippen molar-refractivity contribution in [3.63, 3.8) is 0 Å². The van der Waals surface area contributed by atoms with E-state index in [-0.39, 0.29) is 38.5 Å². The van der Waals surface area contributed by atoms with Gasteiger partial charge in [-0.2, -0.15) is 4.98 Å². The number of anilines is 2. The Labute approximate surface area is 384 Å². The predicted octanol–water partition coefficient (Wildman–Crippen LogP) is 4.63. The number of aliphatic hydroxyl groups excluding tert-OH is 1. The highest BCUT2D eigenvalue weighted by Crippen LogP contribution is 2.40. The van der Waals surface area contributed by atoms with Gasteiger partial charge >= 0.3 is 12.2 Å². The van der Waals surface area contributed by atoms with Crippen molar-refractivity contribution in [2.45, 2.75) is 71.2 Å². The summed E-state index contributed by atoms with van der Waals surface area (Å²) >= 11 is 0. The number of ether oxygens (including phenoxy) is 10. The second kappa shape index (κ2) is 29.1. The van der Waals surface area contributed by atoms with Crippen LogP contribution in [-0.2, 0) is 54.0 Å². The fourth-order valence-corrected chi connectivity index (χ4v) is 7.16. The maximum absolute atomic E-state index is 12.8. The van der Waals surface area contributed by atoms with Crippen LogP contribution in [0.3, 0.4) is 0 Å². The number of hydrogen-bond donors (Lipinski definition) is 2. The van der Waals surface area contributed by atoms with Crippen LogP contribution >= 0.6 is 0 Å². The first-order chi connectivity index (χ1) is 31.6. The van der Waals surface area contributed by atoms with Gasteiger partial charge in [-0.25, -0.2) is 14.6 Å². The first-order valence-corrected chi connectivity index (χ1v) is 23.2. The van der Waals surface area contributed by atoms with Gasteiger partial charge in [0.1, 0.15) is 18.0 Å². The van der Waals surface area contributed by atoms with Crippen LogP contribution in [0.2, 0.25) is 0 Å². The molecule has 19 nitrogen and oxygen atoms in total. The Morgan fingerprint density at radius 2 is 1.25 bits per heavy atom. The molecule has 65 heavy (non-hydrogen) atoms. The Morgan fingerprint density at radius 3 is 1.74 bits per heavy atom. The van der Waals surface area contributed by atoms with E-state index in [1.54, 1.807) is 6.20 Å². The van der Waals surface area contributed by atoms with Crippen LogP contribution in [0.15, 0.2) is 30.5 Å². The van der Waals surface area contributed by atoms with E-state index < -0.39 is 11.7 Å². The van der Waals surface area contributed by atoms with Crippen LogP contribution in [0.25, 0.3) is 0 Å². The largest absolute Gasteiger partial charge is 0.444 e. The molecule has 3 aliphatic rings. The number of nitrogens with one attached hydrogen (secondary N) is 1. The molecule has 1 aromatic carbocycles. The minimum atomic E-state index is -0.506. The molecule has 1 aliphatic carbocycles. The SMILES string of the molecule is C[C@H](Nc1ncc2c(n1)N(CCOCCOCCOCCOCCOCCOCCOCCOCCO)C(=O)OC2)c1ccc([C@H](CC2CC2)N2CCN(C(=O)OC(C)(C)C)CC2)cc1. The van der Waals surface area contributed by atoms with Gasteiger partial charge < -0.3 is 62.7 Å². The molecule has 2 aromatic rings. The molecule has 1 saturated heterocycles. The van der Waals surface area contributed by atoms with Gasteiger partial charge in [0.2, 0.25) is 5.95 Å². The summed E-state index contributed by atoms with van der Waals surface area (Å²) in [5, 5.41) is 12.1. The molecule has 5 rings (SSSR count). The molecule has 1 aromatic heterocycles. The van der Waals surface area contributed by atoms with Crippen molar-refractivity contribution in [1.82, 2.24) is 19.8 Å². The number of hydrogen-bond acceptors (Lipinski definition) is 17. The van der Waals surface area contributed by atoms with Crippen molar-refractivity contribution in [3.8, 4) is 0 Å². The summed E-state index contributed by atoms with van der Waals surface area (Å²) in [7, 11) is 0. The molecule has 0 bridgehead atoms. The molecular formula is C46H74N6O13. The summed E-state index contributed by atoms with van der Waals surface area (Å²) in [6.45, 7) is 18.0. The fraction of sp³-hybridized carbons (Fsp3) is 0.739. The van der Waals surface area contributed by atoms with Crippen molar-refractivity contribution in [3.05, 3.63) is 47.2 Å². The third kappa shape index (κ3) is 19.9. The number of amides is 2. The highest BCUT2D eigenvalue weighted by Gasteiger charge is 2.34. The maximum Gasteiger partial charge on any atom is 0.415 e. The number of carbonyl (C=O) groups is 2. The van der Waals surface area contributed by atoms with Crippen LogP contribution in [-0.4, -0.2) is 188 Å². The highest BCUT2D eigenvalue weighted by atomic mass is 16.6. The summed E-state index contributed by atoms with van der Waals surface area (Å²) in [6, 6.07) is 8.98. The average Bonchev–Trinajstić information content (AvgIpc) is 4.13. The molecule has 2 fully saturated rings.